The maximum atomic E-state index is 12.5. The van der Waals surface area contributed by atoms with Crippen LogP contribution in [0.3, 0.4) is 0 Å². The summed E-state index contributed by atoms with van der Waals surface area (Å²) in [6.45, 7) is 7.28. The van der Waals surface area contributed by atoms with Gasteiger partial charge >= 0.3 is 0 Å². The van der Waals surface area contributed by atoms with Gasteiger partial charge in [-0.3, -0.25) is 14.6 Å². The van der Waals surface area contributed by atoms with E-state index in [2.05, 4.69) is 80.7 Å². The van der Waals surface area contributed by atoms with Crippen LogP contribution in [-0.4, -0.2) is 80.0 Å². The fourth-order valence-electron chi connectivity index (χ4n) is 3.98. The first-order chi connectivity index (χ1) is 14.1. The zero-order chi connectivity index (χ0) is 20.6. The van der Waals surface area contributed by atoms with Gasteiger partial charge in [-0.1, -0.05) is 60.7 Å². The molecule has 0 radical (unpaired) electrons. The molecule has 1 atom stereocenters. The summed E-state index contributed by atoms with van der Waals surface area (Å²) in [6.07, 6.45) is 0. The lowest BCUT2D eigenvalue weighted by Gasteiger charge is -2.41. The molecule has 1 heterocycles. The third-order valence-corrected chi connectivity index (χ3v) is 5.73. The predicted octanol–water partition coefficient (Wildman–Crippen LogP) is 2.46. The topological polar surface area (TPSA) is 38.8 Å². The Morgan fingerprint density at radius 3 is 1.86 bits per heavy atom. The largest absolute Gasteiger partial charge is 0.353 e. The molecule has 1 N–H and O–H groups in total. The fraction of sp³-hybridized carbons (Fsp3) is 0.458. The van der Waals surface area contributed by atoms with Gasteiger partial charge in [0.25, 0.3) is 0 Å². The first-order valence-electron chi connectivity index (χ1n) is 10.6. The molecule has 1 amide bonds. The van der Waals surface area contributed by atoms with E-state index in [0.717, 1.165) is 32.7 Å². The van der Waals surface area contributed by atoms with Crippen molar-refractivity contribution in [1.82, 2.24) is 20.0 Å². The van der Waals surface area contributed by atoms with E-state index in [4.69, 9.17) is 0 Å². The van der Waals surface area contributed by atoms with E-state index >= 15 is 0 Å². The van der Waals surface area contributed by atoms with Gasteiger partial charge in [0.2, 0.25) is 5.91 Å². The molecular weight excluding hydrogens is 360 g/mol. The number of carbonyl (C=O) groups excluding carboxylic acids is 1. The average Bonchev–Trinajstić information content (AvgIpc) is 2.75. The van der Waals surface area contributed by atoms with Crippen LogP contribution in [0.1, 0.15) is 24.1 Å². The zero-order valence-electron chi connectivity index (χ0n) is 17.9. The zero-order valence-corrected chi connectivity index (χ0v) is 17.9. The van der Waals surface area contributed by atoms with Crippen LogP contribution in [0, 0.1) is 0 Å². The van der Waals surface area contributed by atoms with Gasteiger partial charge in [0.1, 0.15) is 0 Å². The van der Waals surface area contributed by atoms with Crippen LogP contribution in [-0.2, 0) is 4.79 Å². The summed E-state index contributed by atoms with van der Waals surface area (Å²) >= 11 is 0. The van der Waals surface area contributed by atoms with Gasteiger partial charge in [-0.15, -0.1) is 0 Å². The molecule has 29 heavy (non-hydrogen) atoms. The molecule has 0 spiro atoms. The molecule has 1 saturated heterocycles. The van der Waals surface area contributed by atoms with E-state index < -0.39 is 0 Å². The Bertz CT molecular complexity index is 702. The molecule has 0 unspecified atom stereocenters. The Labute approximate surface area is 175 Å². The number of nitrogens with one attached hydrogen (secondary N) is 1. The molecule has 3 rings (SSSR count). The van der Waals surface area contributed by atoms with Crippen molar-refractivity contribution in [2.75, 3.05) is 53.4 Å². The fourth-order valence-corrected chi connectivity index (χ4v) is 3.98. The van der Waals surface area contributed by atoms with Gasteiger partial charge in [0.05, 0.1) is 12.1 Å². The maximum Gasteiger partial charge on any atom is 0.237 e. The number of piperazine rings is 1. The van der Waals surface area contributed by atoms with Crippen molar-refractivity contribution >= 4 is 5.91 Å². The van der Waals surface area contributed by atoms with Crippen LogP contribution in [0.2, 0.25) is 0 Å². The molecule has 1 aliphatic rings. The molecule has 1 fully saturated rings. The highest BCUT2D eigenvalue weighted by atomic mass is 16.2. The number of hydrogen-bond acceptors (Lipinski definition) is 4. The Balaban J connectivity index is 1.62. The Hall–Kier alpha value is -2.21. The standard InChI is InChI=1S/C24H34N4O/c1-20(24(29)25-14-15-26(2)3)27-16-18-28(19-17-27)23(21-10-6-4-7-11-21)22-12-8-5-9-13-22/h4-13,20,23H,14-19H2,1-3H3,(H,25,29)/t20-/m0/s1. The lowest BCUT2D eigenvalue weighted by atomic mass is 9.96. The Morgan fingerprint density at radius 2 is 1.38 bits per heavy atom. The van der Waals surface area contributed by atoms with Crippen LogP contribution in [0.4, 0.5) is 0 Å². The monoisotopic (exact) mass is 394 g/mol. The molecule has 5 heteroatoms. The second kappa shape index (κ2) is 10.5. The van der Waals surface area contributed by atoms with Crippen molar-refractivity contribution in [2.24, 2.45) is 0 Å². The number of likely N-dealkylation sites (N-methyl/N-ethyl adjacent to an activating group) is 1. The van der Waals surface area contributed by atoms with E-state index in [1.54, 1.807) is 0 Å². The predicted molar refractivity (Wildman–Crippen MR) is 119 cm³/mol. The van der Waals surface area contributed by atoms with Crippen molar-refractivity contribution in [2.45, 2.75) is 19.0 Å². The highest BCUT2D eigenvalue weighted by molar-refractivity contribution is 5.81. The van der Waals surface area contributed by atoms with Gasteiger partial charge in [-0.25, -0.2) is 0 Å². The molecule has 1 aliphatic heterocycles. The van der Waals surface area contributed by atoms with Gasteiger partial charge in [-0.05, 0) is 32.1 Å². The SMILES string of the molecule is C[C@@H](C(=O)NCCN(C)C)N1CCN(C(c2ccccc2)c2ccccc2)CC1. The summed E-state index contributed by atoms with van der Waals surface area (Å²) < 4.78 is 0. The van der Waals surface area contributed by atoms with E-state index in [0.29, 0.717) is 6.54 Å². The van der Waals surface area contributed by atoms with Gasteiger partial charge in [0.15, 0.2) is 0 Å². The van der Waals surface area contributed by atoms with E-state index in [-0.39, 0.29) is 18.0 Å². The van der Waals surface area contributed by atoms with Crippen LogP contribution in [0.15, 0.2) is 60.7 Å². The Morgan fingerprint density at radius 1 is 0.897 bits per heavy atom. The number of nitrogens with zero attached hydrogens (tertiary/aromatic N) is 3. The van der Waals surface area contributed by atoms with E-state index in [1.165, 1.54) is 11.1 Å². The van der Waals surface area contributed by atoms with Gasteiger partial charge in [-0.2, -0.15) is 0 Å². The number of amides is 1. The van der Waals surface area contributed by atoms with E-state index in [1.807, 2.05) is 21.0 Å². The number of benzene rings is 2. The minimum Gasteiger partial charge on any atom is -0.353 e. The van der Waals surface area contributed by atoms with Crippen molar-refractivity contribution in [3.05, 3.63) is 71.8 Å². The first-order valence-corrected chi connectivity index (χ1v) is 10.6. The van der Waals surface area contributed by atoms with Gasteiger partial charge < -0.3 is 10.2 Å². The van der Waals surface area contributed by atoms with Crippen LogP contribution in [0.25, 0.3) is 0 Å². The average molecular weight is 395 g/mol. The Kier molecular flexibility index (Phi) is 7.81. The van der Waals surface area contributed by atoms with E-state index in [9.17, 15) is 4.79 Å². The second-order valence-electron chi connectivity index (χ2n) is 8.07. The van der Waals surface area contributed by atoms with Crippen LogP contribution < -0.4 is 5.32 Å². The summed E-state index contributed by atoms with van der Waals surface area (Å²) in [5, 5.41) is 3.06. The third kappa shape index (κ3) is 5.89. The summed E-state index contributed by atoms with van der Waals surface area (Å²) in [7, 11) is 4.04. The summed E-state index contributed by atoms with van der Waals surface area (Å²) in [4.78, 5) is 19.4. The van der Waals surface area contributed by atoms with Crippen molar-refractivity contribution < 1.29 is 4.79 Å². The van der Waals surface area contributed by atoms with Gasteiger partial charge in [0, 0.05) is 39.3 Å². The molecule has 0 bridgehead atoms. The lowest BCUT2D eigenvalue weighted by Crippen LogP contribution is -2.54. The highest BCUT2D eigenvalue weighted by Gasteiger charge is 2.29. The molecule has 2 aromatic carbocycles. The number of hydrogen-bond donors (Lipinski definition) is 1. The quantitative estimate of drug-likeness (QED) is 0.747. The molecule has 0 aromatic heterocycles. The first kappa shape index (κ1) is 21.5. The summed E-state index contributed by atoms with van der Waals surface area (Å²) in [5.41, 5.74) is 2.64. The van der Waals surface area contributed by atoms with Crippen LogP contribution in [0.5, 0.6) is 0 Å². The van der Waals surface area contributed by atoms with Crippen LogP contribution >= 0.6 is 0 Å². The minimum atomic E-state index is -0.0915. The smallest absolute Gasteiger partial charge is 0.237 e. The molecule has 5 nitrogen and oxygen atoms in total. The second-order valence-corrected chi connectivity index (χ2v) is 8.07. The minimum absolute atomic E-state index is 0.0915. The highest BCUT2D eigenvalue weighted by Crippen LogP contribution is 2.29. The summed E-state index contributed by atoms with van der Waals surface area (Å²) in [6, 6.07) is 21.6. The van der Waals surface area contributed by atoms with Crippen molar-refractivity contribution in [3.63, 3.8) is 0 Å². The summed E-state index contributed by atoms with van der Waals surface area (Å²) in [5.74, 6) is 0.128. The third-order valence-electron chi connectivity index (χ3n) is 5.73. The van der Waals surface area contributed by atoms with Crippen molar-refractivity contribution in [1.29, 1.82) is 0 Å². The molecule has 0 saturated carbocycles. The normalized spacial score (nSPS) is 16.9. The maximum absolute atomic E-state index is 12.5. The lowest BCUT2D eigenvalue weighted by molar-refractivity contribution is -0.126. The molecular formula is C24H34N4O. The molecule has 156 valence electrons. The number of rotatable bonds is 8. The van der Waals surface area contributed by atoms with Crippen molar-refractivity contribution in [3.8, 4) is 0 Å². The molecule has 0 aliphatic carbocycles. The molecule has 2 aromatic rings. The number of carbonyl (C=O) groups is 1.